The van der Waals surface area contributed by atoms with Gasteiger partial charge in [-0.05, 0) is 38.8 Å². The highest BCUT2D eigenvalue weighted by atomic mass is 15.0. The van der Waals surface area contributed by atoms with Crippen molar-refractivity contribution in [3.05, 3.63) is 24.0 Å². The van der Waals surface area contributed by atoms with Gasteiger partial charge in [0.25, 0.3) is 0 Å². The molecule has 2 heteroatoms. The Morgan fingerprint density at radius 3 is 2.75 bits per heavy atom. The summed E-state index contributed by atoms with van der Waals surface area (Å²) in [5.41, 5.74) is 1.42. The van der Waals surface area contributed by atoms with Crippen LogP contribution >= 0.6 is 0 Å². The summed E-state index contributed by atoms with van der Waals surface area (Å²) in [6, 6.07) is 5.70. The van der Waals surface area contributed by atoms with Crippen molar-refractivity contribution < 1.29 is 0 Å². The van der Waals surface area contributed by atoms with E-state index < -0.39 is 0 Å². The van der Waals surface area contributed by atoms with Crippen molar-refractivity contribution in [3.8, 4) is 0 Å². The lowest BCUT2D eigenvalue weighted by Gasteiger charge is -2.23. The molecule has 90 valence electrons. The van der Waals surface area contributed by atoms with E-state index >= 15 is 0 Å². The van der Waals surface area contributed by atoms with Crippen LogP contribution in [0.4, 0.5) is 0 Å². The van der Waals surface area contributed by atoms with Crippen LogP contribution in [0.25, 0.3) is 0 Å². The molecule has 1 aliphatic carbocycles. The Kier molecular flexibility index (Phi) is 4.05. The van der Waals surface area contributed by atoms with Crippen LogP contribution < -0.4 is 5.32 Å². The lowest BCUT2D eigenvalue weighted by molar-refractivity contribution is 0.367. The molecule has 0 aromatic carbocycles. The van der Waals surface area contributed by atoms with Crippen LogP contribution in [0.5, 0.6) is 0 Å². The number of aromatic nitrogens is 1. The lowest BCUT2D eigenvalue weighted by atomic mass is 9.95. The van der Waals surface area contributed by atoms with Crippen molar-refractivity contribution in [2.75, 3.05) is 0 Å². The first-order chi connectivity index (χ1) is 7.77. The van der Waals surface area contributed by atoms with Gasteiger partial charge in [-0.25, -0.2) is 0 Å². The average Bonchev–Trinajstić information content (AvgIpc) is 2.76. The second kappa shape index (κ2) is 5.53. The molecule has 0 bridgehead atoms. The summed E-state index contributed by atoms with van der Waals surface area (Å²) in [5.74, 6) is 0. The highest BCUT2D eigenvalue weighted by molar-refractivity contribution is 5.08. The van der Waals surface area contributed by atoms with E-state index in [0.717, 1.165) is 12.6 Å². The number of rotatable bonds is 4. The number of nitrogens with one attached hydrogen (secondary N) is 1. The quantitative estimate of drug-likeness (QED) is 0.822. The summed E-state index contributed by atoms with van der Waals surface area (Å²) in [4.78, 5) is 0. The molecule has 1 fully saturated rings. The van der Waals surface area contributed by atoms with Crippen LogP contribution in [0.3, 0.4) is 0 Å². The minimum Gasteiger partial charge on any atom is -0.348 e. The predicted molar refractivity (Wildman–Crippen MR) is 68.5 cm³/mol. The van der Waals surface area contributed by atoms with Crippen LogP contribution in [0.15, 0.2) is 18.3 Å². The summed E-state index contributed by atoms with van der Waals surface area (Å²) in [5, 5.41) is 3.70. The number of nitrogens with zero attached hydrogens (tertiary/aromatic N) is 1. The van der Waals surface area contributed by atoms with E-state index in [1.165, 1.54) is 37.8 Å². The van der Waals surface area contributed by atoms with Gasteiger partial charge < -0.3 is 9.88 Å². The van der Waals surface area contributed by atoms with Gasteiger partial charge in [0.15, 0.2) is 0 Å². The highest BCUT2D eigenvalue weighted by Gasteiger charge is 2.13. The molecule has 0 aliphatic heterocycles. The van der Waals surface area contributed by atoms with E-state index in [9.17, 15) is 0 Å². The van der Waals surface area contributed by atoms with E-state index in [-0.39, 0.29) is 0 Å². The first kappa shape index (κ1) is 11.7. The van der Waals surface area contributed by atoms with Crippen LogP contribution in [-0.2, 0) is 6.54 Å². The summed E-state index contributed by atoms with van der Waals surface area (Å²) in [6.45, 7) is 5.50. The standard InChI is InChI=1S/C14H24N2/c1-12(2)16-10-6-9-14(16)11-15-13-7-4-3-5-8-13/h6,9-10,12-13,15H,3-5,7-8,11H2,1-2H3. The fourth-order valence-corrected chi connectivity index (χ4v) is 2.64. The van der Waals surface area contributed by atoms with Crippen LogP contribution in [0.2, 0.25) is 0 Å². The molecule has 0 atom stereocenters. The smallest absolute Gasteiger partial charge is 0.0361 e. The predicted octanol–water partition coefficient (Wildman–Crippen LogP) is 3.49. The molecule has 0 radical (unpaired) electrons. The van der Waals surface area contributed by atoms with E-state index in [2.05, 4.69) is 42.1 Å². The zero-order chi connectivity index (χ0) is 11.4. The molecule has 1 aromatic heterocycles. The Morgan fingerprint density at radius 2 is 2.06 bits per heavy atom. The first-order valence-corrected chi connectivity index (χ1v) is 6.66. The second-order valence-corrected chi connectivity index (χ2v) is 5.22. The van der Waals surface area contributed by atoms with Crippen LogP contribution in [0.1, 0.15) is 57.7 Å². The SMILES string of the molecule is CC(C)n1cccc1CNC1CCCCC1. The minimum absolute atomic E-state index is 0.568. The Balaban J connectivity index is 1.86. The van der Waals surface area contributed by atoms with E-state index in [4.69, 9.17) is 0 Å². The molecule has 1 aliphatic rings. The van der Waals surface area contributed by atoms with E-state index in [1.54, 1.807) is 0 Å². The molecule has 1 N–H and O–H groups in total. The Morgan fingerprint density at radius 1 is 1.31 bits per heavy atom. The largest absolute Gasteiger partial charge is 0.348 e. The summed E-state index contributed by atoms with van der Waals surface area (Å²) in [7, 11) is 0. The topological polar surface area (TPSA) is 17.0 Å². The summed E-state index contributed by atoms with van der Waals surface area (Å²) in [6.07, 6.45) is 9.15. The lowest BCUT2D eigenvalue weighted by Crippen LogP contribution is -2.31. The number of hydrogen-bond donors (Lipinski definition) is 1. The zero-order valence-corrected chi connectivity index (χ0v) is 10.6. The zero-order valence-electron chi connectivity index (χ0n) is 10.6. The molecule has 16 heavy (non-hydrogen) atoms. The van der Waals surface area contributed by atoms with Gasteiger partial charge in [-0.3, -0.25) is 0 Å². The Bertz CT molecular complexity index is 308. The van der Waals surface area contributed by atoms with Crippen molar-refractivity contribution in [2.45, 2.75) is 64.6 Å². The summed E-state index contributed by atoms with van der Waals surface area (Å²) < 4.78 is 2.36. The third-order valence-electron chi connectivity index (χ3n) is 3.60. The monoisotopic (exact) mass is 220 g/mol. The molecule has 0 unspecified atom stereocenters. The van der Waals surface area contributed by atoms with Crippen LogP contribution in [0, 0.1) is 0 Å². The Labute approximate surface area is 99.0 Å². The fraction of sp³-hybridized carbons (Fsp3) is 0.714. The molecular weight excluding hydrogens is 196 g/mol. The van der Waals surface area contributed by atoms with Gasteiger partial charge in [-0.1, -0.05) is 19.3 Å². The molecule has 0 amide bonds. The van der Waals surface area contributed by atoms with E-state index in [0.29, 0.717) is 6.04 Å². The van der Waals surface area contributed by atoms with Crippen molar-refractivity contribution in [1.29, 1.82) is 0 Å². The van der Waals surface area contributed by atoms with Gasteiger partial charge in [-0.15, -0.1) is 0 Å². The van der Waals surface area contributed by atoms with Crippen molar-refractivity contribution in [1.82, 2.24) is 9.88 Å². The van der Waals surface area contributed by atoms with E-state index in [1.807, 2.05) is 0 Å². The third kappa shape index (κ3) is 2.88. The summed E-state index contributed by atoms with van der Waals surface area (Å²) >= 11 is 0. The molecular formula is C14H24N2. The van der Waals surface area contributed by atoms with Gasteiger partial charge in [0, 0.05) is 30.5 Å². The van der Waals surface area contributed by atoms with Gasteiger partial charge in [0.1, 0.15) is 0 Å². The molecule has 0 saturated heterocycles. The molecule has 0 spiro atoms. The van der Waals surface area contributed by atoms with Crippen LogP contribution in [-0.4, -0.2) is 10.6 Å². The molecule has 2 rings (SSSR count). The maximum Gasteiger partial charge on any atom is 0.0361 e. The molecule has 1 saturated carbocycles. The fourth-order valence-electron chi connectivity index (χ4n) is 2.64. The van der Waals surface area contributed by atoms with Gasteiger partial charge in [0.05, 0.1) is 0 Å². The normalized spacial score (nSPS) is 18.2. The minimum atomic E-state index is 0.568. The second-order valence-electron chi connectivity index (χ2n) is 5.22. The van der Waals surface area contributed by atoms with Gasteiger partial charge in [-0.2, -0.15) is 0 Å². The van der Waals surface area contributed by atoms with Gasteiger partial charge in [0.2, 0.25) is 0 Å². The Hall–Kier alpha value is -0.760. The van der Waals surface area contributed by atoms with Crippen molar-refractivity contribution in [3.63, 3.8) is 0 Å². The molecule has 1 aromatic rings. The highest BCUT2D eigenvalue weighted by Crippen LogP contribution is 2.18. The maximum absolute atomic E-state index is 3.70. The molecule has 1 heterocycles. The third-order valence-corrected chi connectivity index (χ3v) is 3.60. The van der Waals surface area contributed by atoms with Crippen molar-refractivity contribution >= 4 is 0 Å². The molecule has 2 nitrogen and oxygen atoms in total. The first-order valence-electron chi connectivity index (χ1n) is 6.66. The maximum atomic E-state index is 3.70. The van der Waals surface area contributed by atoms with Crippen molar-refractivity contribution in [2.24, 2.45) is 0 Å². The average molecular weight is 220 g/mol. The van der Waals surface area contributed by atoms with Gasteiger partial charge >= 0.3 is 0 Å². The number of hydrogen-bond acceptors (Lipinski definition) is 1.